The first-order valence-electron chi connectivity index (χ1n) is 8.38. The van der Waals surface area contributed by atoms with E-state index in [9.17, 15) is 18.0 Å². The molecule has 0 aliphatic heterocycles. The molecule has 0 spiro atoms. The van der Waals surface area contributed by atoms with Crippen molar-refractivity contribution < 1.29 is 18.0 Å². The first-order chi connectivity index (χ1) is 13.3. The third-order valence-corrected chi connectivity index (χ3v) is 4.99. The van der Waals surface area contributed by atoms with Gasteiger partial charge in [-0.1, -0.05) is 36.0 Å². The first kappa shape index (κ1) is 19.9. The van der Waals surface area contributed by atoms with E-state index in [0.717, 1.165) is 17.7 Å². The second-order valence-electron chi connectivity index (χ2n) is 6.09. The Bertz CT molecular complexity index is 927. The molecule has 0 radical (unpaired) electrons. The van der Waals surface area contributed by atoms with Crippen molar-refractivity contribution >= 4 is 17.7 Å². The van der Waals surface area contributed by atoms with Gasteiger partial charge in [-0.2, -0.15) is 18.3 Å². The predicted molar refractivity (Wildman–Crippen MR) is 99.7 cm³/mol. The Labute approximate surface area is 163 Å². The zero-order valence-electron chi connectivity index (χ0n) is 14.8. The van der Waals surface area contributed by atoms with Crippen molar-refractivity contribution in [2.45, 2.75) is 30.1 Å². The Morgan fingerprint density at radius 3 is 2.61 bits per heavy atom. The summed E-state index contributed by atoms with van der Waals surface area (Å²) in [5.74, 6) is 0.317. The Balaban J connectivity index is 1.61. The van der Waals surface area contributed by atoms with Gasteiger partial charge in [0, 0.05) is 11.3 Å². The van der Waals surface area contributed by atoms with Crippen LogP contribution in [0.15, 0.2) is 60.0 Å². The molecule has 0 fully saturated rings. The van der Waals surface area contributed by atoms with Gasteiger partial charge < -0.3 is 5.32 Å². The summed E-state index contributed by atoms with van der Waals surface area (Å²) in [6, 6.07) is 11.4. The number of benzene rings is 2. The number of carbonyl (C=O) groups is 1. The van der Waals surface area contributed by atoms with Crippen LogP contribution in [0.25, 0.3) is 0 Å². The average Bonchev–Trinajstić information content (AvgIpc) is 3.20. The van der Waals surface area contributed by atoms with Gasteiger partial charge in [0.25, 0.3) is 5.91 Å². The standard InChI is InChI=1S/C19H17F3N4OS/c1-12(15-3-2-4-16(9-15)19(20,21)22)25-17(27)14-7-5-13(6-8-14)10-28-18-23-11-24-26-18/h2-9,11-12H,10H2,1H3,(H,25,27)(H,23,24,26). The molecule has 2 aromatic carbocycles. The van der Waals surface area contributed by atoms with Crippen LogP contribution in [-0.2, 0) is 11.9 Å². The number of hydrogen-bond acceptors (Lipinski definition) is 4. The Kier molecular flexibility index (Phi) is 6.03. The predicted octanol–water partition coefficient (Wildman–Crippen LogP) is 4.61. The number of halogens is 3. The van der Waals surface area contributed by atoms with Crippen LogP contribution in [0.1, 0.15) is 40.0 Å². The third-order valence-electron chi connectivity index (χ3n) is 4.05. The Morgan fingerprint density at radius 1 is 1.21 bits per heavy atom. The monoisotopic (exact) mass is 406 g/mol. The summed E-state index contributed by atoms with van der Waals surface area (Å²) >= 11 is 1.48. The number of H-pyrrole nitrogens is 1. The fraction of sp³-hybridized carbons (Fsp3) is 0.211. The number of nitrogens with one attached hydrogen (secondary N) is 2. The Morgan fingerprint density at radius 2 is 1.96 bits per heavy atom. The zero-order valence-corrected chi connectivity index (χ0v) is 15.6. The molecule has 0 aliphatic rings. The van der Waals surface area contributed by atoms with E-state index in [1.54, 1.807) is 25.1 Å². The number of carbonyl (C=O) groups excluding carboxylic acids is 1. The molecule has 0 aliphatic carbocycles. The van der Waals surface area contributed by atoms with Gasteiger partial charge in [-0.3, -0.25) is 9.89 Å². The number of nitrogens with zero attached hydrogens (tertiary/aromatic N) is 2. The molecule has 1 amide bonds. The van der Waals surface area contributed by atoms with Crippen molar-refractivity contribution in [1.82, 2.24) is 20.5 Å². The van der Waals surface area contributed by atoms with E-state index in [1.807, 2.05) is 12.1 Å². The summed E-state index contributed by atoms with van der Waals surface area (Å²) in [5.41, 5.74) is 1.10. The maximum atomic E-state index is 12.9. The van der Waals surface area contributed by atoms with Crippen LogP contribution >= 0.6 is 11.8 Å². The molecule has 1 atom stereocenters. The summed E-state index contributed by atoms with van der Waals surface area (Å²) in [7, 11) is 0. The van der Waals surface area contributed by atoms with Crippen LogP contribution in [0.3, 0.4) is 0 Å². The highest BCUT2D eigenvalue weighted by molar-refractivity contribution is 7.98. The van der Waals surface area contributed by atoms with Gasteiger partial charge in [-0.05, 0) is 42.3 Å². The number of alkyl halides is 3. The van der Waals surface area contributed by atoms with Gasteiger partial charge in [-0.25, -0.2) is 4.98 Å². The molecular formula is C19H17F3N4OS. The number of hydrogen-bond donors (Lipinski definition) is 2. The lowest BCUT2D eigenvalue weighted by Crippen LogP contribution is -2.26. The van der Waals surface area contributed by atoms with E-state index in [4.69, 9.17) is 0 Å². The van der Waals surface area contributed by atoms with Gasteiger partial charge in [0.2, 0.25) is 0 Å². The van der Waals surface area contributed by atoms with Gasteiger partial charge in [-0.15, -0.1) is 0 Å². The largest absolute Gasteiger partial charge is 0.416 e. The maximum absolute atomic E-state index is 12.9. The minimum absolute atomic E-state index is 0.348. The maximum Gasteiger partial charge on any atom is 0.416 e. The summed E-state index contributed by atoms with van der Waals surface area (Å²) in [5, 5.41) is 9.96. The minimum Gasteiger partial charge on any atom is -0.346 e. The van der Waals surface area contributed by atoms with Gasteiger partial charge >= 0.3 is 6.18 Å². The molecule has 3 aromatic rings. The lowest BCUT2D eigenvalue weighted by atomic mass is 10.0. The molecule has 0 saturated heterocycles. The number of aromatic nitrogens is 3. The molecule has 9 heteroatoms. The summed E-state index contributed by atoms with van der Waals surface area (Å²) in [6.07, 6.45) is -2.99. The van der Waals surface area contributed by atoms with Crippen molar-refractivity contribution in [1.29, 1.82) is 0 Å². The molecular weight excluding hydrogens is 389 g/mol. The molecule has 1 unspecified atom stereocenters. The highest BCUT2D eigenvalue weighted by atomic mass is 32.2. The summed E-state index contributed by atoms with van der Waals surface area (Å²) < 4.78 is 38.6. The third kappa shape index (κ3) is 5.13. The topological polar surface area (TPSA) is 70.7 Å². The van der Waals surface area contributed by atoms with Gasteiger partial charge in [0.1, 0.15) is 6.33 Å². The van der Waals surface area contributed by atoms with Gasteiger partial charge in [0.15, 0.2) is 5.16 Å². The van der Waals surface area contributed by atoms with Crippen molar-refractivity contribution in [3.05, 3.63) is 77.1 Å². The van der Waals surface area contributed by atoms with Crippen LogP contribution in [0.4, 0.5) is 13.2 Å². The molecule has 5 nitrogen and oxygen atoms in total. The molecule has 3 rings (SSSR count). The number of amides is 1. The second-order valence-corrected chi connectivity index (χ2v) is 7.06. The molecule has 1 heterocycles. The van der Waals surface area contributed by atoms with E-state index in [1.165, 1.54) is 24.2 Å². The highest BCUT2D eigenvalue weighted by Crippen LogP contribution is 2.30. The summed E-state index contributed by atoms with van der Waals surface area (Å²) in [4.78, 5) is 16.4. The van der Waals surface area contributed by atoms with Crippen LogP contribution in [-0.4, -0.2) is 21.1 Å². The van der Waals surface area contributed by atoms with Crippen LogP contribution < -0.4 is 5.32 Å². The second kappa shape index (κ2) is 8.47. The van der Waals surface area contributed by atoms with E-state index in [2.05, 4.69) is 20.5 Å². The molecule has 2 N–H and O–H groups in total. The van der Waals surface area contributed by atoms with Crippen LogP contribution in [0, 0.1) is 0 Å². The molecule has 146 valence electrons. The quantitative estimate of drug-likeness (QED) is 0.587. The van der Waals surface area contributed by atoms with Crippen molar-refractivity contribution in [2.24, 2.45) is 0 Å². The van der Waals surface area contributed by atoms with Crippen LogP contribution in [0.2, 0.25) is 0 Å². The lowest BCUT2D eigenvalue weighted by molar-refractivity contribution is -0.137. The minimum atomic E-state index is -4.42. The van der Waals surface area contributed by atoms with Crippen molar-refractivity contribution in [3.63, 3.8) is 0 Å². The van der Waals surface area contributed by atoms with E-state index >= 15 is 0 Å². The zero-order chi connectivity index (χ0) is 20.1. The first-order valence-corrected chi connectivity index (χ1v) is 9.36. The van der Waals surface area contributed by atoms with Crippen LogP contribution in [0.5, 0.6) is 0 Å². The lowest BCUT2D eigenvalue weighted by Gasteiger charge is -2.16. The van der Waals surface area contributed by atoms with Crippen molar-refractivity contribution in [3.8, 4) is 0 Å². The smallest absolute Gasteiger partial charge is 0.346 e. The number of thioether (sulfide) groups is 1. The average molecular weight is 406 g/mol. The molecule has 0 saturated carbocycles. The van der Waals surface area contributed by atoms with Gasteiger partial charge in [0.05, 0.1) is 11.6 Å². The van der Waals surface area contributed by atoms with Crippen molar-refractivity contribution in [2.75, 3.05) is 0 Å². The Hall–Kier alpha value is -2.81. The molecule has 28 heavy (non-hydrogen) atoms. The highest BCUT2D eigenvalue weighted by Gasteiger charge is 2.30. The van der Waals surface area contributed by atoms with E-state index < -0.39 is 17.8 Å². The SMILES string of the molecule is CC(NC(=O)c1ccc(CSc2ncn[nH]2)cc1)c1cccc(C(F)(F)F)c1. The van der Waals surface area contributed by atoms with E-state index in [0.29, 0.717) is 22.0 Å². The van der Waals surface area contributed by atoms with E-state index in [-0.39, 0.29) is 5.91 Å². The molecule has 0 bridgehead atoms. The fourth-order valence-electron chi connectivity index (χ4n) is 2.52. The number of rotatable bonds is 6. The summed E-state index contributed by atoms with van der Waals surface area (Å²) in [6.45, 7) is 1.65. The number of aromatic amines is 1. The molecule has 1 aromatic heterocycles. The normalized spacial score (nSPS) is 12.6. The fourth-order valence-corrected chi connectivity index (χ4v) is 3.25.